The highest BCUT2D eigenvalue weighted by molar-refractivity contribution is 7.88. The lowest BCUT2D eigenvalue weighted by Crippen LogP contribution is -2.48. The van der Waals surface area contributed by atoms with Gasteiger partial charge in [0.25, 0.3) is 0 Å². The molecule has 0 atom stereocenters. The van der Waals surface area contributed by atoms with E-state index in [1.54, 1.807) is 4.31 Å². The van der Waals surface area contributed by atoms with E-state index in [0.717, 1.165) is 32.7 Å². The lowest BCUT2D eigenvalue weighted by molar-refractivity contribution is 0.186. The van der Waals surface area contributed by atoms with E-state index in [1.807, 2.05) is 0 Å². The molecule has 114 valence electrons. The molecule has 1 saturated heterocycles. The highest BCUT2D eigenvalue weighted by Gasteiger charge is 2.22. The Morgan fingerprint density at radius 1 is 1.00 bits per heavy atom. The molecule has 1 aliphatic heterocycles. The van der Waals surface area contributed by atoms with Crippen molar-refractivity contribution >= 4 is 10.0 Å². The molecule has 0 saturated carbocycles. The zero-order valence-corrected chi connectivity index (χ0v) is 13.2. The van der Waals surface area contributed by atoms with Gasteiger partial charge in [0.15, 0.2) is 0 Å². The van der Waals surface area contributed by atoms with Crippen LogP contribution in [-0.2, 0) is 10.0 Å². The van der Waals surface area contributed by atoms with Gasteiger partial charge in [0.05, 0.1) is 6.26 Å². The molecular weight excluding hydrogens is 262 g/mol. The smallest absolute Gasteiger partial charge is 0.211 e. The third-order valence-electron chi connectivity index (χ3n) is 3.55. The molecule has 1 fully saturated rings. The first-order valence-electron chi connectivity index (χ1n) is 7.42. The van der Waals surface area contributed by atoms with Gasteiger partial charge in [-0.1, -0.05) is 13.3 Å². The lowest BCUT2D eigenvalue weighted by atomic mass is 10.2. The van der Waals surface area contributed by atoms with Crippen molar-refractivity contribution in [1.29, 1.82) is 0 Å². The fourth-order valence-electron chi connectivity index (χ4n) is 2.35. The average Bonchev–Trinajstić information content (AvgIpc) is 2.37. The molecule has 0 spiro atoms. The topological polar surface area (TPSA) is 52.6 Å². The number of sulfonamides is 1. The Balaban J connectivity index is 2.01. The molecule has 0 aromatic heterocycles. The summed E-state index contributed by atoms with van der Waals surface area (Å²) >= 11 is 0. The van der Waals surface area contributed by atoms with Crippen molar-refractivity contribution in [3.8, 4) is 0 Å². The number of nitrogens with zero attached hydrogens (tertiary/aromatic N) is 2. The standard InChI is InChI=1S/C13H29N3O2S/c1-3-7-14-8-5-4-6-9-15-10-12-16(13-11-15)19(2,17)18/h14H,3-13H2,1-2H3. The zero-order valence-electron chi connectivity index (χ0n) is 12.4. The van der Waals surface area contributed by atoms with Crippen molar-refractivity contribution in [2.45, 2.75) is 32.6 Å². The van der Waals surface area contributed by atoms with Crippen LogP contribution in [0.2, 0.25) is 0 Å². The second-order valence-electron chi connectivity index (χ2n) is 5.31. The van der Waals surface area contributed by atoms with Gasteiger partial charge in [-0.25, -0.2) is 8.42 Å². The van der Waals surface area contributed by atoms with Crippen molar-refractivity contribution in [2.75, 3.05) is 52.1 Å². The molecule has 1 rings (SSSR count). The van der Waals surface area contributed by atoms with Crippen LogP contribution in [0.1, 0.15) is 32.6 Å². The Labute approximate surface area is 118 Å². The van der Waals surface area contributed by atoms with Crippen LogP contribution < -0.4 is 5.32 Å². The summed E-state index contributed by atoms with van der Waals surface area (Å²) < 4.78 is 24.3. The van der Waals surface area contributed by atoms with Gasteiger partial charge in [-0.2, -0.15) is 4.31 Å². The Bertz CT molecular complexity index is 325. The molecule has 0 aliphatic carbocycles. The Morgan fingerprint density at radius 3 is 2.26 bits per heavy atom. The average molecular weight is 291 g/mol. The Hall–Kier alpha value is -0.170. The first kappa shape index (κ1) is 16.9. The maximum absolute atomic E-state index is 11.4. The minimum absolute atomic E-state index is 0.650. The molecule has 1 heterocycles. The van der Waals surface area contributed by atoms with E-state index in [0.29, 0.717) is 13.1 Å². The molecule has 0 aromatic rings. The highest BCUT2D eigenvalue weighted by Crippen LogP contribution is 2.07. The van der Waals surface area contributed by atoms with E-state index in [1.165, 1.54) is 31.9 Å². The predicted octanol–water partition coefficient (Wildman–Crippen LogP) is 0.734. The monoisotopic (exact) mass is 291 g/mol. The SMILES string of the molecule is CCCNCCCCCN1CCN(S(C)(=O)=O)CC1. The maximum Gasteiger partial charge on any atom is 0.211 e. The molecule has 6 heteroatoms. The summed E-state index contributed by atoms with van der Waals surface area (Å²) in [6.07, 6.45) is 6.20. The first-order chi connectivity index (χ1) is 9.04. The molecule has 0 radical (unpaired) electrons. The summed E-state index contributed by atoms with van der Waals surface area (Å²) in [5.41, 5.74) is 0. The summed E-state index contributed by atoms with van der Waals surface area (Å²) in [6, 6.07) is 0. The second kappa shape index (κ2) is 8.89. The van der Waals surface area contributed by atoms with E-state index in [2.05, 4.69) is 17.1 Å². The molecule has 0 bridgehead atoms. The lowest BCUT2D eigenvalue weighted by Gasteiger charge is -2.33. The van der Waals surface area contributed by atoms with Crippen molar-refractivity contribution in [2.24, 2.45) is 0 Å². The number of rotatable bonds is 9. The molecule has 1 N–H and O–H groups in total. The van der Waals surface area contributed by atoms with Crippen LogP contribution in [0.25, 0.3) is 0 Å². The number of piperazine rings is 1. The minimum atomic E-state index is -2.99. The Morgan fingerprint density at radius 2 is 1.68 bits per heavy atom. The van der Waals surface area contributed by atoms with Gasteiger partial charge in [-0.15, -0.1) is 0 Å². The highest BCUT2D eigenvalue weighted by atomic mass is 32.2. The fraction of sp³-hybridized carbons (Fsp3) is 1.00. The quantitative estimate of drug-likeness (QED) is 0.637. The van der Waals surface area contributed by atoms with Crippen LogP contribution in [-0.4, -0.2) is 69.7 Å². The summed E-state index contributed by atoms with van der Waals surface area (Å²) in [4.78, 5) is 2.38. The second-order valence-corrected chi connectivity index (χ2v) is 7.30. The first-order valence-corrected chi connectivity index (χ1v) is 9.27. The van der Waals surface area contributed by atoms with Gasteiger partial charge < -0.3 is 10.2 Å². The van der Waals surface area contributed by atoms with Crippen molar-refractivity contribution in [3.05, 3.63) is 0 Å². The van der Waals surface area contributed by atoms with Crippen LogP contribution in [0.15, 0.2) is 0 Å². The van der Waals surface area contributed by atoms with Crippen LogP contribution >= 0.6 is 0 Å². The largest absolute Gasteiger partial charge is 0.317 e. The van der Waals surface area contributed by atoms with E-state index in [4.69, 9.17) is 0 Å². The maximum atomic E-state index is 11.4. The van der Waals surface area contributed by atoms with E-state index < -0.39 is 10.0 Å². The van der Waals surface area contributed by atoms with Crippen molar-refractivity contribution in [3.63, 3.8) is 0 Å². The van der Waals surface area contributed by atoms with Gasteiger partial charge in [0.1, 0.15) is 0 Å². The van der Waals surface area contributed by atoms with Crippen LogP contribution in [0.3, 0.4) is 0 Å². The summed E-state index contributed by atoms with van der Waals surface area (Å²) in [6.45, 7) is 8.58. The van der Waals surface area contributed by atoms with Gasteiger partial charge in [-0.05, 0) is 38.9 Å². The van der Waals surface area contributed by atoms with Crippen LogP contribution in [0.5, 0.6) is 0 Å². The van der Waals surface area contributed by atoms with E-state index in [-0.39, 0.29) is 0 Å². The fourth-order valence-corrected chi connectivity index (χ4v) is 3.18. The zero-order chi connectivity index (χ0) is 14.1. The molecular formula is C13H29N3O2S. The van der Waals surface area contributed by atoms with E-state index in [9.17, 15) is 8.42 Å². The third kappa shape index (κ3) is 7.25. The minimum Gasteiger partial charge on any atom is -0.317 e. The van der Waals surface area contributed by atoms with Crippen molar-refractivity contribution < 1.29 is 8.42 Å². The summed E-state index contributed by atoms with van der Waals surface area (Å²) in [5, 5.41) is 3.41. The van der Waals surface area contributed by atoms with Gasteiger partial charge >= 0.3 is 0 Å². The van der Waals surface area contributed by atoms with Gasteiger partial charge in [-0.3, -0.25) is 0 Å². The summed E-state index contributed by atoms with van der Waals surface area (Å²) in [5.74, 6) is 0. The molecule has 0 aromatic carbocycles. The number of hydrogen-bond donors (Lipinski definition) is 1. The molecule has 0 unspecified atom stereocenters. The molecule has 19 heavy (non-hydrogen) atoms. The third-order valence-corrected chi connectivity index (χ3v) is 4.86. The predicted molar refractivity (Wildman–Crippen MR) is 79.9 cm³/mol. The van der Waals surface area contributed by atoms with Crippen molar-refractivity contribution in [1.82, 2.24) is 14.5 Å². The molecule has 1 aliphatic rings. The van der Waals surface area contributed by atoms with Gasteiger partial charge in [0.2, 0.25) is 10.0 Å². The normalized spacial score (nSPS) is 18.8. The number of unbranched alkanes of at least 4 members (excludes halogenated alkanes) is 2. The number of hydrogen-bond acceptors (Lipinski definition) is 4. The van der Waals surface area contributed by atoms with Crippen LogP contribution in [0.4, 0.5) is 0 Å². The molecule has 5 nitrogen and oxygen atoms in total. The Kier molecular flexibility index (Phi) is 7.90. The van der Waals surface area contributed by atoms with E-state index >= 15 is 0 Å². The molecule has 0 amide bonds. The summed E-state index contributed by atoms with van der Waals surface area (Å²) in [7, 11) is -2.99. The number of nitrogens with one attached hydrogen (secondary N) is 1. The van der Waals surface area contributed by atoms with Gasteiger partial charge in [0, 0.05) is 26.2 Å². The van der Waals surface area contributed by atoms with Crippen LogP contribution in [0, 0.1) is 0 Å².